The molecule has 0 heterocycles. The lowest BCUT2D eigenvalue weighted by molar-refractivity contribution is 0.0170. The van der Waals surface area contributed by atoms with Gasteiger partial charge in [-0.15, -0.1) is 0 Å². The molecule has 0 spiro atoms. The van der Waals surface area contributed by atoms with Crippen LogP contribution in [0.25, 0.3) is 0 Å². The number of hydrogen-bond donors (Lipinski definition) is 3. The van der Waals surface area contributed by atoms with Crippen molar-refractivity contribution in [1.82, 2.24) is 5.32 Å². The largest absolute Gasteiger partial charge is 0.388 e. The van der Waals surface area contributed by atoms with Gasteiger partial charge in [-0.1, -0.05) is 19.9 Å². The van der Waals surface area contributed by atoms with Gasteiger partial charge >= 0.3 is 6.03 Å². The minimum absolute atomic E-state index is 0.0173. The van der Waals surface area contributed by atoms with Crippen LogP contribution in [0, 0.1) is 18.7 Å². The molecule has 0 aliphatic heterocycles. The number of amides is 2. The molecule has 2 amide bonds. The Balaban J connectivity index is 2.59. The second-order valence-electron chi connectivity index (χ2n) is 5.23. The van der Waals surface area contributed by atoms with Crippen LogP contribution in [0.5, 0.6) is 0 Å². The average molecular weight is 268 g/mol. The Kier molecular flexibility index (Phi) is 4.89. The molecule has 0 bridgehead atoms. The summed E-state index contributed by atoms with van der Waals surface area (Å²) in [5, 5.41) is 15.1. The van der Waals surface area contributed by atoms with E-state index < -0.39 is 11.6 Å². The van der Waals surface area contributed by atoms with E-state index in [1.807, 2.05) is 13.8 Å². The van der Waals surface area contributed by atoms with Gasteiger partial charge in [0.1, 0.15) is 5.82 Å². The molecule has 1 rings (SSSR count). The fraction of sp³-hybridized carbons (Fsp3) is 0.500. The first-order chi connectivity index (χ1) is 8.74. The molecule has 1 aromatic carbocycles. The highest BCUT2D eigenvalue weighted by atomic mass is 19.1. The molecule has 0 fully saturated rings. The number of aliphatic hydroxyl groups is 1. The fourth-order valence-corrected chi connectivity index (χ4v) is 1.37. The van der Waals surface area contributed by atoms with E-state index in [4.69, 9.17) is 0 Å². The van der Waals surface area contributed by atoms with E-state index in [0.29, 0.717) is 11.3 Å². The molecule has 0 aliphatic carbocycles. The topological polar surface area (TPSA) is 61.4 Å². The monoisotopic (exact) mass is 268 g/mol. The third-order valence-corrected chi connectivity index (χ3v) is 3.37. The molecule has 19 heavy (non-hydrogen) atoms. The van der Waals surface area contributed by atoms with Gasteiger partial charge in [-0.05, 0) is 31.9 Å². The number of anilines is 1. The second-order valence-corrected chi connectivity index (χ2v) is 5.23. The van der Waals surface area contributed by atoms with E-state index in [9.17, 15) is 14.3 Å². The zero-order valence-corrected chi connectivity index (χ0v) is 11.7. The summed E-state index contributed by atoms with van der Waals surface area (Å²) in [5.41, 5.74) is -0.177. The lowest BCUT2D eigenvalue weighted by Gasteiger charge is -2.27. The van der Waals surface area contributed by atoms with Crippen LogP contribution in [-0.4, -0.2) is 23.3 Å². The molecule has 106 valence electrons. The first-order valence-corrected chi connectivity index (χ1v) is 6.26. The van der Waals surface area contributed by atoms with Crippen LogP contribution < -0.4 is 10.6 Å². The van der Waals surface area contributed by atoms with Crippen molar-refractivity contribution in [3.63, 3.8) is 0 Å². The molecule has 0 aliphatic rings. The number of nitrogens with one attached hydrogen (secondary N) is 2. The fourth-order valence-electron chi connectivity index (χ4n) is 1.37. The normalized spacial score (nSPS) is 14.1. The van der Waals surface area contributed by atoms with Crippen molar-refractivity contribution in [2.75, 3.05) is 11.9 Å². The van der Waals surface area contributed by atoms with Crippen molar-refractivity contribution >= 4 is 11.7 Å². The predicted octanol–water partition coefficient (Wildman–Crippen LogP) is 2.66. The van der Waals surface area contributed by atoms with E-state index in [-0.39, 0.29) is 18.3 Å². The number of urea groups is 1. The molecular formula is C14H21FN2O2. The van der Waals surface area contributed by atoms with Gasteiger partial charge in [0.2, 0.25) is 0 Å². The van der Waals surface area contributed by atoms with Gasteiger partial charge in [0, 0.05) is 17.8 Å². The molecule has 0 saturated heterocycles. The quantitative estimate of drug-likeness (QED) is 0.786. The van der Waals surface area contributed by atoms with Crippen molar-refractivity contribution in [1.29, 1.82) is 0 Å². The van der Waals surface area contributed by atoms with Crippen molar-refractivity contribution < 1.29 is 14.3 Å². The number of hydrogen-bond acceptors (Lipinski definition) is 2. The van der Waals surface area contributed by atoms with Gasteiger partial charge in [0.05, 0.1) is 5.60 Å². The Morgan fingerprint density at radius 3 is 2.68 bits per heavy atom. The molecule has 4 nitrogen and oxygen atoms in total. The smallest absolute Gasteiger partial charge is 0.319 e. The molecule has 0 radical (unpaired) electrons. The third kappa shape index (κ3) is 4.21. The number of carbonyl (C=O) groups excluding carboxylic acids is 1. The lowest BCUT2D eigenvalue weighted by atomic mass is 9.93. The number of halogens is 1. The van der Waals surface area contributed by atoms with Gasteiger partial charge in [0.15, 0.2) is 0 Å². The molecular weight excluding hydrogens is 247 g/mol. The van der Waals surface area contributed by atoms with E-state index in [0.717, 1.165) is 0 Å². The minimum Gasteiger partial charge on any atom is -0.388 e. The molecule has 0 aromatic heterocycles. The number of benzene rings is 1. The van der Waals surface area contributed by atoms with Gasteiger partial charge < -0.3 is 15.7 Å². The molecule has 3 N–H and O–H groups in total. The van der Waals surface area contributed by atoms with Gasteiger partial charge in [-0.3, -0.25) is 0 Å². The van der Waals surface area contributed by atoms with Crippen LogP contribution in [0.15, 0.2) is 18.2 Å². The van der Waals surface area contributed by atoms with Crippen LogP contribution in [0.2, 0.25) is 0 Å². The Morgan fingerprint density at radius 2 is 2.11 bits per heavy atom. The minimum atomic E-state index is -0.978. The number of carbonyl (C=O) groups is 1. The first-order valence-electron chi connectivity index (χ1n) is 6.26. The summed E-state index contributed by atoms with van der Waals surface area (Å²) in [5.74, 6) is -0.351. The summed E-state index contributed by atoms with van der Waals surface area (Å²) in [4.78, 5) is 11.7. The molecule has 1 unspecified atom stereocenters. The van der Waals surface area contributed by atoms with E-state index in [1.54, 1.807) is 19.9 Å². The van der Waals surface area contributed by atoms with E-state index in [2.05, 4.69) is 10.6 Å². The summed E-state index contributed by atoms with van der Waals surface area (Å²) < 4.78 is 13.3. The lowest BCUT2D eigenvalue weighted by Crippen LogP contribution is -2.45. The average Bonchev–Trinajstić information content (AvgIpc) is 2.32. The predicted molar refractivity (Wildman–Crippen MR) is 73.6 cm³/mol. The molecule has 1 atom stereocenters. The van der Waals surface area contributed by atoms with Crippen LogP contribution in [-0.2, 0) is 0 Å². The summed E-state index contributed by atoms with van der Waals surface area (Å²) in [7, 11) is 0. The first kappa shape index (κ1) is 15.4. The summed E-state index contributed by atoms with van der Waals surface area (Å²) >= 11 is 0. The maximum atomic E-state index is 13.3. The Labute approximate surface area is 113 Å². The molecule has 0 saturated carbocycles. The van der Waals surface area contributed by atoms with E-state index in [1.165, 1.54) is 12.1 Å². The zero-order chi connectivity index (χ0) is 14.6. The second kappa shape index (κ2) is 6.02. The SMILES string of the molecule is Cc1c(F)cccc1NC(=O)NCC(C)(O)C(C)C. The van der Waals surface area contributed by atoms with Gasteiger partial charge in [0.25, 0.3) is 0 Å². The highest BCUT2D eigenvalue weighted by molar-refractivity contribution is 5.90. The Morgan fingerprint density at radius 1 is 1.47 bits per heavy atom. The van der Waals surface area contributed by atoms with Crippen LogP contribution in [0.4, 0.5) is 14.9 Å². The number of rotatable bonds is 4. The Hall–Kier alpha value is -1.62. The van der Waals surface area contributed by atoms with Crippen molar-refractivity contribution in [2.24, 2.45) is 5.92 Å². The molecule has 5 heteroatoms. The summed E-state index contributed by atoms with van der Waals surface area (Å²) in [6.45, 7) is 7.12. The standard InChI is InChI=1S/C14H21FN2O2/c1-9(2)14(4,19)8-16-13(18)17-12-7-5-6-11(15)10(12)3/h5-7,9,19H,8H2,1-4H3,(H2,16,17,18). The highest BCUT2D eigenvalue weighted by Crippen LogP contribution is 2.17. The van der Waals surface area contributed by atoms with Crippen LogP contribution in [0.1, 0.15) is 26.3 Å². The van der Waals surface area contributed by atoms with Crippen LogP contribution in [0.3, 0.4) is 0 Å². The summed E-state index contributed by atoms with van der Waals surface area (Å²) in [6, 6.07) is 4.03. The van der Waals surface area contributed by atoms with Crippen molar-refractivity contribution in [2.45, 2.75) is 33.3 Å². The summed E-state index contributed by atoms with van der Waals surface area (Å²) in [6.07, 6.45) is 0. The van der Waals surface area contributed by atoms with Gasteiger partial charge in [-0.25, -0.2) is 9.18 Å². The third-order valence-electron chi connectivity index (χ3n) is 3.37. The maximum absolute atomic E-state index is 13.3. The van der Waals surface area contributed by atoms with Crippen molar-refractivity contribution in [3.8, 4) is 0 Å². The van der Waals surface area contributed by atoms with E-state index >= 15 is 0 Å². The molecule has 1 aromatic rings. The van der Waals surface area contributed by atoms with Crippen LogP contribution >= 0.6 is 0 Å². The van der Waals surface area contributed by atoms with Crippen molar-refractivity contribution in [3.05, 3.63) is 29.6 Å². The maximum Gasteiger partial charge on any atom is 0.319 e. The van der Waals surface area contributed by atoms with Gasteiger partial charge in [-0.2, -0.15) is 0 Å². The zero-order valence-electron chi connectivity index (χ0n) is 11.7. The highest BCUT2D eigenvalue weighted by Gasteiger charge is 2.25. The Bertz CT molecular complexity index is 459.